The molecule has 170 valence electrons. The minimum atomic E-state index is -4.54. The van der Waals surface area contributed by atoms with Gasteiger partial charge in [-0.05, 0) is 43.3 Å². The average Bonchev–Trinajstić information content (AvgIpc) is 2.73. The molecule has 0 saturated carbocycles. The number of hydrogen-bond acceptors (Lipinski definition) is 6. The number of aromatic nitrogens is 1. The van der Waals surface area contributed by atoms with Gasteiger partial charge < -0.3 is 10.1 Å². The van der Waals surface area contributed by atoms with Crippen LogP contribution in [0, 0.1) is 0 Å². The number of fused-ring (bicyclic) bond motifs is 1. The van der Waals surface area contributed by atoms with E-state index < -0.39 is 27.7 Å². The van der Waals surface area contributed by atoms with Gasteiger partial charge in [-0.15, -0.1) is 0 Å². The Bertz CT molecular complexity index is 1240. The lowest BCUT2D eigenvalue weighted by Gasteiger charge is -2.15. The Morgan fingerprint density at radius 3 is 2.38 bits per heavy atom. The van der Waals surface area contributed by atoms with Crippen molar-refractivity contribution in [2.45, 2.75) is 24.9 Å². The predicted molar refractivity (Wildman–Crippen MR) is 113 cm³/mol. The van der Waals surface area contributed by atoms with Crippen LogP contribution in [-0.2, 0) is 20.9 Å². The summed E-state index contributed by atoms with van der Waals surface area (Å²) in [6.45, 7) is 3.61. The van der Waals surface area contributed by atoms with Gasteiger partial charge in [0.1, 0.15) is 5.56 Å². The smallest absolute Gasteiger partial charge is 0.416 e. The summed E-state index contributed by atoms with van der Waals surface area (Å²) in [4.78, 5) is 16.5. The fourth-order valence-electron chi connectivity index (χ4n) is 3.00. The van der Waals surface area contributed by atoms with Crippen molar-refractivity contribution in [1.29, 1.82) is 0 Å². The average molecular weight is 467 g/mol. The highest BCUT2D eigenvalue weighted by molar-refractivity contribution is 7.89. The van der Waals surface area contributed by atoms with Gasteiger partial charge in [0.05, 0.1) is 28.3 Å². The van der Waals surface area contributed by atoms with Crippen molar-refractivity contribution in [3.63, 3.8) is 0 Å². The van der Waals surface area contributed by atoms with Crippen LogP contribution in [0.25, 0.3) is 10.9 Å². The van der Waals surface area contributed by atoms with Gasteiger partial charge in [0, 0.05) is 23.8 Å². The number of nitrogens with one attached hydrogen (secondary N) is 2. The van der Waals surface area contributed by atoms with Gasteiger partial charge in [-0.1, -0.05) is 13.0 Å². The number of alkyl halides is 3. The van der Waals surface area contributed by atoms with Crippen LogP contribution in [-0.4, -0.2) is 32.5 Å². The second kappa shape index (κ2) is 9.13. The van der Waals surface area contributed by atoms with E-state index in [9.17, 15) is 26.4 Å². The molecule has 0 spiro atoms. The molecule has 32 heavy (non-hydrogen) atoms. The van der Waals surface area contributed by atoms with Crippen molar-refractivity contribution in [1.82, 2.24) is 9.71 Å². The summed E-state index contributed by atoms with van der Waals surface area (Å²) in [6.07, 6.45) is -3.40. The lowest BCUT2D eigenvalue weighted by molar-refractivity contribution is -0.137. The maximum atomic E-state index is 13.1. The van der Waals surface area contributed by atoms with Crippen molar-refractivity contribution < 1.29 is 31.1 Å². The van der Waals surface area contributed by atoms with E-state index in [4.69, 9.17) is 4.74 Å². The first-order valence-corrected chi connectivity index (χ1v) is 11.1. The van der Waals surface area contributed by atoms with Crippen LogP contribution in [0.5, 0.6) is 0 Å². The van der Waals surface area contributed by atoms with Gasteiger partial charge in [0.15, 0.2) is 0 Å². The lowest BCUT2D eigenvalue weighted by atomic mass is 10.1. The normalized spacial score (nSPS) is 12.0. The van der Waals surface area contributed by atoms with Crippen LogP contribution in [0.1, 0.15) is 29.8 Å². The maximum Gasteiger partial charge on any atom is 0.416 e. The van der Waals surface area contributed by atoms with Crippen LogP contribution in [0.3, 0.4) is 0 Å². The van der Waals surface area contributed by atoms with E-state index in [0.717, 1.165) is 18.3 Å². The van der Waals surface area contributed by atoms with Crippen molar-refractivity contribution in [3.05, 3.63) is 59.8 Å². The van der Waals surface area contributed by atoms with Gasteiger partial charge in [0.2, 0.25) is 10.0 Å². The van der Waals surface area contributed by atoms with E-state index in [1.807, 2.05) is 0 Å². The monoisotopic (exact) mass is 467 g/mol. The van der Waals surface area contributed by atoms with Gasteiger partial charge in [-0.25, -0.2) is 17.9 Å². The molecule has 0 radical (unpaired) electrons. The van der Waals surface area contributed by atoms with E-state index >= 15 is 0 Å². The Morgan fingerprint density at radius 1 is 1.09 bits per heavy atom. The number of rotatable bonds is 7. The van der Waals surface area contributed by atoms with Gasteiger partial charge >= 0.3 is 12.1 Å². The number of sulfonamides is 1. The zero-order valence-corrected chi connectivity index (χ0v) is 18.0. The van der Waals surface area contributed by atoms with Crippen LogP contribution in [0.2, 0.25) is 0 Å². The van der Waals surface area contributed by atoms with Crippen molar-refractivity contribution in [3.8, 4) is 0 Å². The maximum absolute atomic E-state index is 13.1. The molecular formula is C21H20F3N3O4S. The summed E-state index contributed by atoms with van der Waals surface area (Å²) in [5, 5.41) is 3.26. The number of esters is 1. The number of hydrogen-bond donors (Lipinski definition) is 2. The molecule has 7 nitrogen and oxygen atoms in total. The molecule has 0 saturated heterocycles. The summed E-state index contributed by atoms with van der Waals surface area (Å²) in [6, 6.07) is 8.72. The molecule has 0 unspecified atom stereocenters. The van der Waals surface area contributed by atoms with Gasteiger partial charge in [-0.3, -0.25) is 4.98 Å². The minimum Gasteiger partial charge on any atom is -0.462 e. The molecule has 11 heteroatoms. The van der Waals surface area contributed by atoms with Crippen molar-refractivity contribution in [2.75, 3.05) is 18.5 Å². The first kappa shape index (κ1) is 23.5. The summed E-state index contributed by atoms with van der Waals surface area (Å²) < 4.78 is 70.9. The quantitative estimate of drug-likeness (QED) is 0.498. The minimum absolute atomic E-state index is 0.0294. The topological polar surface area (TPSA) is 97.4 Å². The third-order valence-electron chi connectivity index (χ3n) is 4.46. The molecule has 0 aliphatic carbocycles. The van der Waals surface area contributed by atoms with Crippen LogP contribution in [0.4, 0.5) is 24.5 Å². The van der Waals surface area contributed by atoms with Gasteiger partial charge in [0.25, 0.3) is 0 Å². The third-order valence-corrected chi connectivity index (χ3v) is 6.02. The zero-order chi connectivity index (χ0) is 23.5. The molecular weight excluding hydrogens is 447 g/mol. The number of ether oxygens (including phenoxy) is 1. The van der Waals surface area contributed by atoms with Crippen molar-refractivity contribution in [2.24, 2.45) is 0 Å². The molecule has 3 aromatic rings. The number of halogens is 3. The lowest BCUT2D eigenvalue weighted by Crippen LogP contribution is -2.22. The summed E-state index contributed by atoms with van der Waals surface area (Å²) >= 11 is 0. The first-order chi connectivity index (χ1) is 15.1. The highest BCUT2D eigenvalue weighted by atomic mass is 32.2. The van der Waals surface area contributed by atoms with Crippen LogP contribution in [0.15, 0.2) is 53.6 Å². The van der Waals surface area contributed by atoms with E-state index in [1.165, 1.54) is 30.3 Å². The number of pyridine rings is 1. The van der Waals surface area contributed by atoms with Crippen LogP contribution < -0.4 is 10.0 Å². The molecule has 1 aromatic heterocycles. The molecule has 2 aromatic carbocycles. The van der Waals surface area contributed by atoms with E-state index in [-0.39, 0.29) is 40.2 Å². The second-order valence-electron chi connectivity index (χ2n) is 6.65. The molecule has 0 aliphatic rings. The molecule has 1 heterocycles. The van der Waals surface area contributed by atoms with E-state index in [2.05, 4.69) is 15.0 Å². The van der Waals surface area contributed by atoms with Crippen molar-refractivity contribution >= 4 is 38.3 Å². The fraction of sp³-hybridized carbons (Fsp3) is 0.238. The Hall–Kier alpha value is -3.18. The SMILES string of the molecule is CCNS(=O)(=O)c1ccc(Nc2c(C(=O)OCC)cnc3cc(C(F)(F)F)ccc23)cc1. The zero-order valence-electron chi connectivity index (χ0n) is 17.2. The van der Waals surface area contributed by atoms with Gasteiger partial charge in [-0.2, -0.15) is 13.2 Å². The van der Waals surface area contributed by atoms with E-state index in [1.54, 1.807) is 13.8 Å². The predicted octanol–water partition coefficient (Wildman–Crippen LogP) is 4.47. The third kappa shape index (κ3) is 5.00. The molecule has 0 bridgehead atoms. The Morgan fingerprint density at radius 2 is 1.78 bits per heavy atom. The number of benzene rings is 2. The number of carbonyl (C=O) groups is 1. The first-order valence-electron chi connectivity index (χ1n) is 9.60. The number of nitrogens with zero attached hydrogens (tertiary/aromatic N) is 1. The second-order valence-corrected chi connectivity index (χ2v) is 8.41. The Labute approximate surface area is 182 Å². The number of anilines is 2. The molecule has 0 amide bonds. The molecule has 0 atom stereocenters. The molecule has 3 rings (SSSR count). The summed E-state index contributed by atoms with van der Waals surface area (Å²) in [7, 11) is -3.65. The fourth-order valence-corrected chi connectivity index (χ4v) is 4.04. The summed E-state index contributed by atoms with van der Waals surface area (Å²) in [5.41, 5.74) is -0.196. The largest absolute Gasteiger partial charge is 0.462 e. The Kier molecular flexibility index (Phi) is 6.70. The highest BCUT2D eigenvalue weighted by Gasteiger charge is 2.31. The molecule has 2 N–H and O–H groups in total. The Balaban J connectivity index is 2.08. The number of carbonyl (C=O) groups excluding carboxylic acids is 1. The molecule has 0 fully saturated rings. The highest BCUT2D eigenvalue weighted by Crippen LogP contribution is 2.35. The van der Waals surface area contributed by atoms with E-state index in [0.29, 0.717) is 5.69 Å². The summed E-state index contributed by atoms with van der Waals surface area (Å²) in [5.74, 6) is -0.698. The standard InChI is InChI=1S/C21H20F3N3O4S/c1-3-26-32(29,30)15-8-6-14(7-9-15)27-19-16-10-5-13(21(22,23)24)11-18(16)25-12-17(19)20(28)31-4-2/h5-12,26H,3-4H2,1-2H3,(H,25,27). The molecule has 0 aliphatic heterocycles. The van der Waals surface area contributed by atoms with Crippen LogP contribution >= 0.6 is 0 Å².